The number of urea groups is 1. The van der Waals surface area contributed by atoms with E-state index in [1.807, 2.05) is 61.5 Å². The summed E-state index contributed by atoms with van der Waals surface area (Å²) in [5.74, 6) is -0.0624. The van der Waals surface area contributed by atoms with E-state index >= 15 is 0 Å². The molecule has 2 saturated heterocycles. The number of hydrogen-bond acceptors (Lipinski definition) is 4. The molecule has 1 unspecified atom stereocenters. The van der Waals surface area contributed by atoms with Gasteiger partial charge in [0.1, 0.15) is 6.04 Å². The van der Waals surface area contributed by atoms with Crippen molar-refractivity contribution in [3.8, 4) is 0 Å². The third kappa shape index (κ3) is 5.96. The summed E-state index contributed by atoms with van der Waals surface area (Å²) in [7, 11) is 0. The van der Waals surface area contributed by atoms with Crippen LogP contribution in [0.1, 0.15) is 42.4 Å². The first-order valence-corrected chi connectivity index (χ1v) is 12.2. The van der Waals surface area contributed by atoms with Gasteiger partial charge in [-0.15, -0.1) is 0 Å². The van der Waals surface area contributed by atoms with Crippen LogP contribution in [0.2, 0.25) is 0 Å². The molecule has 2 aliphatic rings. The van der Waals surface area contributed by atoms with E-state index in [0.29, 0.717) is 32.7 Å². The van der Waals surface area contributed by atoms with Gasteiger partial charge >= 0.3 is 6.03 Å². The van der Waals surface area contributed by atoms with Crippen LogP contribution in [0.5, 0.6) is 0 Å². The Kier molecular flexibility index (Phi) is 8.19. The maximum atomic E-state index is 13.4. The molecule has 3 amide bonds. The number of carbonyl (C=O) groups is 2. The van der Waals surface area contributed by atoms with Crippen molar-refractivity contribution < 1.29 is 19.4 Å². The normalized spacial score (nSPS) is 21.0. The summed E-state index contributed by atoms with van der Waals surface area (Å²) >= 11 is 0. The molecule has 3 atom stereocenters. The highest BCUT2D eigenvalue weighted by Crippen LogP contribution is 2.26. The maximum absolute atomic E-state index is 13.4. The van der Waals surface area contributed by atoms with E-state index in [-0.39, 0.29) is 24.6 Å². The molecule has 34 heavy (non-hydrogen) atoms. The Hall–Kier alpha value is -2.90. The Morgan fingerprint density at radius 2 is 1.71 bits per heavy atom. The highest BCUT2D eigenvalue weighted by molar-refractivity contribution is 5.88. The summed E-state index contributed by atoms with van der Waals surface area (Å²) in [6, 6.07) is 16.9. The number of aryl methyl sites for hydroxylation is 1. The zero-order chi connectivity index (χ0) is 23.9. The predicted molar refractivity (Wildman–Crippen MR) is 130 cm³/mol. The molecular weight excluding hydrogens is 430 g/mol. The molecule has 0 aliphatic carbocycles. The summed E-state index contributed by atoms with van der Waals surface area (Å²) in [5, 5.41) is 13.7. The fourth-order valence-corrected chi connectivity index (χ4v) is 4.89. The lowest BCUT2D eigenvalue weighted by atomic mass is 10.1. The van der Waals surface area contributed by atoms with E-state index in [0.717, 1.165) is 30.4 Å². The molecule has 2 aromatic carbocycles. The van der Waals surface area contributed by atoms with Gasteiger partial charge in [0.15, 0.2) is 0 Å². The molecule has 182 valence electrons. The Labute approximate surface area is 201 Å². The molecule has 0 saturated carbocycles. The molecule has 0 aromatic heterocycles. The van der Waals surface area contributed by atoms with Crippen molar-refractivity contribution in [1.29, 1.82) is 0 Å². The summed E-state index contributed by atoms with van der Waals surface area (Å²) < 4.78 is 5.73. The molecule has 2 heterocycles. The number of hydrogen-bond donors (Lipinski definition) is 2. The van der Waals surface area contributed by atoms with Crippen molar-refractivity contribution in [2.45, 2.75) is 63.9 Å². The number of benzene rings is 2. The van der Waals surface area contributed by atoms with Crippen LogP contribution in [-0.4, -0.2) is 64.7 Å². The van der Waals surface area contributed by atoms with E-state index in [1.54, 1.807) is 9.80 Å². The fourth-order valence-electron chi connectivity index (χ4n) is 4.89. The number of aliphatic hydroxyl groups is 1. The quantitative estimate of drug-likeness (QED) is 0.627. The van der Waals surface area contributed by atoms with E-state index in [4.69, 9.17) is 4.74 Å². The van der Waals surface area contributed by atoms with Crippen molar-refractivity contribution in [2.75, 3.05) is 19.7 Å². The number of carbonyl (C=O) groups excluding carboxylic acids is 2. The lowest BCUT2D eigenvalue weighted by Crippen LogP contribution is -2.54. The van der Waals surface area contributed by atoms with Crippen molar-refractivity contribution in [3.63, 3.8) is 0 Å². The predicted octanol–water partition coefficient (Wildman–Crippen LogP) is 3.24. The van der Waals surface area contributed by atoms with Crippen LogP contribution in [0, 0.1) is 6.92 Å². The zero-order valence-corrected chi connectivity index (χ0v) is 19.9. The van der Waals surface area contributed by atoms with Crippen molar-refractivity contribution >= 4 is 11.9 Å². The lowest BCUT2D eigenvalue weighted by molar-refractivity contribution is -0.139. The Morgan fingerprint density at radius 3 is 2.47 bits per heavy atom. The van der Waals surface area contributed by atoms with Gasteiger partial charge in [0, 0.05) is 19.6 Å². The third-order valence-electron chi connectivity index (χ3n) is 6.79. The van der Waals surface area contributed by atoms with Gasteiger partial charge in [0.2, 0.25) is 5.91 Å². The highest BCUT2D eigenvalue weighted by atomic mass is 16.5. The average molecular weight is 466 g/mol. The van der Waals surface area contributed by atoms with Crippen LogP contribution >= 0.6 is 0 Å². The molecule has 0 radical (unpaired) electrons. The van der Waals surface area contributed by atoms with Crippen LogP contribution in [0.15, 0.2) is 54.6 Å². The Bertz CT molecular complexity index is 950. The second-order valence-electron chi connectivity index (χ2n) is 9.31. The van der Waals surface area contributed by atoms with Crippen molar-refractivity contribution in [2.24, 2.45) is 0 Å². The van der Waals surface area contributed by atoms with Gasteiger partial charge < -0.3 is 25.0 Å². The first kappa shape index (κ1) is 24.2. The number of rotatable bonds is 8. The standard InChI is InChI=1S/C27H35N3O4/c1-20-11-13-21(14-12-20)17-28-27(33)30-16-6-10-24(30)26(32)29-15-5-9-23(29)25(31)19-34-18-22-7-3-2-4-8-22/h2-4,7-8,11-14,23-25,31H,5-6,9-10,15-19H2,1H3,(H,28,33)/t23?,24-,25+/m0/s1. The van der Waals surface area contributed by atoms with Gasteiger partial charge in [-0.05, 0) is 43.7 Å². The summed E-state index contributed by atoms with van der Waals surface area (Å²) in [6.07, 6.45) is 2.29. The molecule has 2 aliphatic heterocycles. The second kappa shape index (κ2) is 11.5. The largest absolute Gasteiger partial charge is 0.389 e. The molecule has 0 bridgehead atoms. The smallest absolute Gasteiger partial charge is 0.318 e. The number of nitrogens with zero attached hydrogens (tertiary/aromatic N) is 2. The van der Waals surface area contributed by atoms with Gasteiger partial charge in [-0.3, -0.25) is 4.79 Å². The fraction of sp³-hybridized carbons (Fsp3) is 0.481. The van der Waals surface area contributed by atoms with E-state index in [2.05, 4.69) is 5.32 Å². The average Bonchev–Trinajstić information content (AvgIpc) is 3.54. The number of aliphatic hydroxyl groups excluding tert-OH is 1. The molecule has 4 rings (SSSR count). The van der Waals surface area contributed by atoms with Crippen LogP contribution in [0.25, 0.3) is 0 Å². The van der Waals surface area contributed by atoms with Gasteiger partial charge in [-0.25, -0.2) is 4.79 Å². The molecule has 2 fully saturated rings. The van der Waals surface area contributed by atoms with Gasteiger partial charge in [-0.1, -0.05) is 60.2 Å². The van der Waals surface area contributed by atoms with E-state index < -0.39 is 12.1 Å². The summed E-state index contributed by atoms with van der Waals surface area (Å²) in [4.78, 5) is 29.7. The van der Waals surface area contributed by atoms with Crippen molar-refractivity contribution in [1.82, 2.24) is 15.1 Å². The van der Waals surface area contributed by atoms with E-state index in [9.17, 15) is 14.7 Å². The number of likely N-dealkylation sites (tertiary alicyclic amines) is 2. The first-order chi connectivity index (χ1) is 16.5. The monoisotopic (exact) mass is 465 g/mol. The second-order valence-corrected chi connectivity index (χ2v) is 9.31. The summed E-state index contributed by atoms with van der Waals surface area (Å²) in [6.45, 7) is 4.23. The molecule has 0 spiro atoms. The zero-order valence-electron chi connectivity index (χ0n) is 19.9. The molecule has 2 aromatic rings. The minimum atomic E-state index is -0.750. The van der Waals surface area contributed by atoms with Crippen molar-refractivity contribution in [3.05, 3.63) is 71.3 Å². The Balaban J connectivity index is 1.30. The highest BCUT2D eigenvalue weighted by Gasteiger charge is 2.41. The first-order valence-electron chi connectivity index (χ1n) is 12.2. The lowest BCUT2D eigenvalue weighted by Gasteiger charge is -2.33. The summed E-state index contributed by atoms with van der Waals surface area (Å²) in [5.41, 5.74) is 3.25. The molecule has 7 heteroatoms. The maximum Gasteiger partial charge on any atom is 0.318 e. The van der Waals surface area contributed by atoms with Crippen LogP contribution < -0.4 is 5.32 Å². The SMILES string of the molecule is Cc1ccc(CNC(=O)N2CCC[C@H]2C(=O)N2CCCC2[C@H](O)COCc2ccccc2)cc1. The van der Waals surface area contributed by atoms with Gasteiger partial charge in [-0.2, -0.15) is 0 Å². The van der Waals surface area contributed by atoms with Crippen LogP contribution in [0.3, 0.4) is 0 Å². The van der Waals surface area contributed by atoms with E-state index in [1.165, 1.54) is 5.56 Å². The van der Waals surface area contributed by atoms with Crippen LogP contribution in [0.4, 0.5) is 4.79 Å². The molecule has 7 nitrogen and oxygen atoms in total. The minimum absolute atomic E-state index is 0.0624. The third-order valence-corrected chi connectivity index (χ3v) is 6.79. The van der Waals surface area contributed by atoms with Gasteiger partial charge in [0.05, 0.1) is 25.4 Å². The number of ether oxygens (including phenoxy) is 1. The Morgan fingerprint density at radius 1 is 1.00 bits per heavy atom. The molecule has 2 N–H and O–H groups in total. The minimum Gasteiger partial charge on any atom is -0.389 e. The van der Waals surface area contributed by atoms with Gasteiger partial charge in [0.25, 0.3) is 0 Å². The number of nitrogens with one attached hydrogen (secondary N) is 1. The van der Waals surface area contributed by atoms with Crippen LogP contribution in [-0.2, 0) is 22.7 Å². The topological polar surface area (TPSA) is 82.1 Å². The number of amides is 3. The molecular formula is C27H35N3O4.